The van der Waals surface area contributed by atoms with Gasteiger partial charge in [0.25, 0.3) is 5.91 Å². The molecule has 6 rings (SSSR count). The van der Waals surface area contributed by atoms with Crippen LogP contribution in [0.25, 0.3) is 21.6 Å². The lowest BCUT2D eigenvalue weighted by Crippen LogP contribution is -2.57. The summed E-state index contributed by atoms with van der Waals surface area (Å²) in [6.45, 7) is 9.57. The van der Waals surface area contributed by atoms with Crippen LogP contribution >= 0.6 is 11.3 Å². The number of hydrogen-bond acceptors (Lipinski definition) is 10. The van der Waals surface area contributed by atoms with Gasteiger partial charge in [0, 0.05) is 41.2 Å². The predicted octanol–water partition coefficient (Wildman–Crippen LogP) is 5.79. The van der Waals surface area contributed by atoms with Gasteiger partial charge in [-0.05, 0) is 64.0 Å². The Morgan fingerprint density at radius 1 is 1.15 bits per heavy atom. The number of carbonyl (C=O) groups is 3. The molecule has 4 heterocycles. The van der Waals surface area contributed by atoms with Crippen LogP contribution in [0, 0.1) is 12.8 Å². The summed E-state index contributed by atoms with van der Waals surface area (Å²) in [4.78, 5) is 53.0. The number of ether oxygens (including phenoxy) is 2. The maximum atomic E-state index is 14.2. The largest absolute Gasteiger partial charge is 0.496 e. The van der Waals surface area contributed by atoms with E-state index in [2.05, 4.69) is 23.9 Å². The standard InChI is InChI=1S/C38H49N5O7S2/c1-7-23(4)52(47,48)42-37(46)38-19-25(38)13-11-9-8-10-12-14-33(44)43-20-26(17-30(43)35(45)41-38)50-32-18-28(36-40-29(21-51-36)22(2)3)39-34-24(5)31(49-6)16-15-27(32)34/h11,13,15-16,18,21-23,25-26,30H,7-10,12,14,17,19-20H2,1-6H3,(H,41,45)(H,42,46)/b13-11-/t23?,25-,26-,30+,38-/m1/s1. The second-order valence-corrected chi connectivity index (χ2v) is 17.5. The van der Waals surface area contributed by atoms with Crippen molar-refractivity contribution < 1.29 is 32.3 Å². The first-order valence-corrected chi connectivity index (χ1v) is 20.7. The number of hydrogen-bond donors (Lipinski definition) is 2. The molecule has 14 heteroatoms. The maximum absolute atomic E-state index is 14.2. The topological polar surface area (TPSA) is 157 Å². The summed E-state index contributed by atoms with van der Waals surface area (Å²) in [6, 6.07) is 4.72. The Kier molecular flexibility index (Phi) is 11.0. The minimum atomic E-state index is -3.95. The van der Waals surface area contributed by atoms with Gasteiger partial charge >= 0.3 is 0 Å². The molecule has 0 spiro atoms. The minimum absolute atomic E-state index is 0.158. The number of thiazole rings is 1. The van der Waals surface area contributed by atoms with Crippen molar-refractivity contribution in [3.05, 3.63) is 47.0 Å². The zero-order valence-corrected chi connectivity index (χ0v) is 32.4. The van der Waals surface area contributed by atoms with E-state index in [0.29, 0.717) is 35.6 Å². The number of carbonyl (C=O) groups excluding carboxylic acids is 3. The molecule has 2 aromatic heterocycles. The first kappa shape index (κ1) is 37.7. The van der Waals surface area contributed by atoms with Crippen molar-refractivity contribution in [1.29, 1.82) is 0 Å². The van der Waals surface area contributed by atoms with Gasteiger partial charge in [-0.25, -0.2) is 18.4 Å². The number of benzene rings is 1. The SMILES string of the molecule is CCC(C)S(=O)(=O)NC(=O)[C@@]12C[C@H]1/C=C\CCCCCC(=O)N1C[C@H](Oc3cc(-c4nc(C(C)C)cs4)nc4c(C)c(OC)ccc34)C[C@H]1C(=O)N2. The highest BCUT2D eigenvalue weighted by molar-refractivity contribution is 7.90. The minimum Gasteiger partial charge on any atom is -0.496 e. The summed E-state index contributed by atoms with van der Waals surface area (Å²) in [5.41, 5.74) is 1.73. The molecule has 2 fully saturated rings. The van der Waals surface area contributed by atoms with E-state index in [1.807, 2.05) is 42.7 Å². The predicted molar refractivity (Wildman–Crippen MR) is 201 cm³/mol. The van der Waals surface area contributed by atoms with Crippen LogP contribution in [0.1, 0.15) is 96.2 Å². The Labute approximate surface area is 309 Å². The molecule has 280 valence electrons. The third-order valence-electron chi connectivity index (χ3n) is 10.6. The molecular weight excluding hydrogens is 703 g/mol. The normalized spacial score (nSPS) is 25.1. The number of allylic oxidation sites excluding steroid dienone is 1. The molecule has 1 unspecified atom stereocenters. The molecule has 3 aromatic rings. The average Bonchev–Trinajstić information content (AvgIpc) is 3.41. The smallest absolute Gasteiger partial charge is 0.259 e. The molecule has 52 heavy (non-hydrogen) atoms. The number of rotatable bonds is 9. The van der Waals surface area contributed by atoms with Crippen LogP contribution in [-0.2, 0) is 24.4 Å². The summed E-state index contributed by atoms with van der Waals surface area (Å²) in [7, 11) is -2.33. The van der Waals surface area contributed by atoms with E-state index in [1.54, 1.807) is 25.9 Å². The van der Waals surface area contributed by atoms with Gasteiger partial charge in [0.1, 0.15) is 39.9 Å². The zero-order valence-electron chi connectivity index (χ0n) is 30.7. The summed E-state index contributed by atoms with van der Waals surface area (Å²) >= 11 is 1.51. The highest BCUT2D eigenvalue weighted by Crippen LogP contribution is 2.46. The lowest BCUT2D eigenvalue weighted by molar-refractivity contribution is -0.139. The van der Waals surface area contributed by atoms with Gasteiger partial charge in [-0.15, -0.1) is 11.3 Å². The Bertz CT molecular complexity index is 1990. The summed E-state index contributed by atoms with van der Waals surface area (Å²) in [5, 5.41) is 5.69. The van der Waals surface area contributed by atoms with E-state index in [0.717, 1.165) is 40.9 Å². The van der Waals surface area contributed by atoms with E-state index in [9.17, 15) is 22.8 Å². The van der Waals surface area contributed by atoms with E-state index >= 15 is 0 Å². The molecule has 1 saturated carbocycles. The van der Waals surface area contributed by atoms with Crippen LogP contribution < -0.4 is 19.5 Å². The molecule has 0 bridgehead atoms. The first-order chi connectivity index (χ1) is 24.8. The number of aryl methyl sites for hydroxylation is 1. The highest BCUT2D eigenvalue weighted by Gasteiger charge is 2.61. The van der Waals surface area contributed by atoms with Crippen LogP contribution in [0.15, 0.2) is 35.7 Å². The Morgan fingerprint density at radius 3 is 2.65 bits per heavy atom. The first-order valence-electron chi connectivity index (χ1n) is 18.2. The third kappa shape index (κ3) is 7.55. The molecule has 1 aliphatic carbocycles. The van der Waals surface area contributed by atoms with Crippen molar-refractivity contribution in [2.75, 3.05) is 13.7 Å². The lowest BCUT2D eigenvalue weighted by atomic mass is 10.1. The number of fused-ring (bicyclic) bond motifs is 3. The average molecular weight is 752 g/mol. The summed E-state index contributed by atoms with van der Waals surface area (Å²) in [5.74, 6) is -0.296. The van der Waals surface area contributed by atoms with Crippen LogP contribution in [0.4, 0.5) is 0 Å². The van der Waals surface area contributed by atoms with E-state index in [1.165, 1.54) is 11.3 Å². The van der Waals surface area contributed by atoms with Crippen molar-refractivity contribution >= 4 is 50.0 Å². The van der Waals surface area contributed by atoms with Gasteiger partial charge in [-0.2, -0.15) is 0 Å². The van der Waals surface area contributed by atoms with Gasteiger partial charge in [0.05, 0.1) is 30.1 Å². The molecule has 0 radical (unpaired) electrons. The van der Waals surface area contributed by atoms with E-state index in [4.69, 9.17) is 19.4 Å². The summed E-state index contributed by atoms with van der Waals surface area (Å²) < 4.78 is 40.4. The van der Waals surface area contributed by atoms with Gasteiger partial charge in [-0.3, -0.25) is 19.1 Å². The Balaban J connectivity index is 1.32. The molecule has 2 N–H and O–H groups in total. The van der Waals surface area contributed by atoms with Crippen LogP contribution in [0.3, 0.4) is 0 Å². The fourth-order valence-electron chi connectivity index (χ4n) is 7.01. The highest BCUT2D eigenvalue weighted by atomic mass is 32.2. The van der Waals surface area contributed by atoms with E-state index in [-0.39, 0.29) is 43.6 Å². The lowest BCUT2D eigenvalue weighted by Gasteiger charge is -2.27. The quantitative estimate of drug-likeness (QED) is 0.259. The molecule has 3 aliphatic rings. The van der Waals surface area contributed by atoms with Crippen LogP contribution in [-0.4, -0.2) is 77.6 Å². The number of methoxy groups -OCH3 is 1. The molecule has 1 aromatic carbocycles. The second kappa shape index (κ2) is 15.1. The number of aromatic nitrogens is 2. The van der Waals surface area contributed by atoms with Crippen molar-refractivity contribution in [1.82, 2.24) is 24.9 Å². The van der Waals surface area contributed by atoms with Gasteiger partial charge in [-0.1, -0.05) is 39.3 Å². The Morgan fingerprint density at radius 2 is 1.94 bits per heavy atom. The van der Waals surface area contributed by atoms with Crippen LogP contribution in [0.5, 0.6) is 11.5 Å². The number of sulfonamides is 1. The van der Waals surface area contributed by atoms with E-state index < -0.39 is 44.8 Å². The van der Waals surface area contributed by atoms with Gasteiger partial charge < -0.3 is 19.7 Å². The molecular formula is C38H49N5O7S2. The number of amides is 3. The van der Waals surface area contributed by atoms with Gasteiger partial charge in [0.15, 0.2) is 0 Å². The van der Waals surface area contributed by atoms with Crippen molar-refractivity contribution in [3.63, 3.8) is 0 Å². The zero-order chi connectivity index (χ0) is 37.4. The fraction of sp³-hybridized carbons (Fsp3) is 0.553. The van der Waals surface area contributed by atoms with Crippen LogP contribution in [0.2, 0.25) is 0 Å². The molecule has 3 amide bonds. The van der Waals surface area contributed by atoms with Crippen molar-refractivity contribution in [2.45, 2.75) is 115 Å². The number of nitrogens with one attached hydrogen (secondary N) is 2. The molecule has 5 atom stereocenters. The van der Waals surface area contributed by atoms with Crippen molar-refractivity contribution in [2.24, 2.45) is 5.92 Å². The molecule has 1 saturated heterocycles. The third-order valence-corrected chi connectivity index (χ3v) is 13.4. The van der Waals surface area contributed by atoms with Gasteiger partial charge in [0.2, 0.25) is 21.8 Å². The number of pyridine rings is 1. The van der Waals surface area contributed by atoms with Crippen molar-refractivity contribution in [3.8, 4) is 22.2 Å². The fourth-order valence-corrected chi connectivity index (χ4v) is 9.03. The molecule has 12 nitrogen and oxygen atoms in total. The molecule has 2 aliphatic heterocycles. The maximum Gasteiger partial charge on any atom is 0.259 e. The Hall–Kier alpha value is -4.04. The summed E-state index contributed by atoms with van der Waals surface area (Å²) in [6.07, 6.45) is 7.56. The second-order valence-electron chi connectivity index (χ2n) is 14.6. The number of nitrogens with zero attached hydrogens (tertiary/aromatic N) is 3. The monoisotopic (exact) mass is 751 g/mol.